The normalized spacial score (nSPS) is 20.5. The van der Waals surface area contributed by atoms with Crippen molar-refractivity contribution in [3.63, 3.8) is 0 Å². The molecule has 1 amide bonds. The fourth-order valence-corrected chi connectivity index (χ4v) is 3.72. The highest BCUT2D eigenvalue weighted by atomic mass is 16.5. The number of aromatic nitrogens is 1. The van der Waals surface area contributed by atoms with Crippen LogP contribution in [0.1, 0.15) is 28.1 Å². The third kappa shape index (κ3) is 3.81. The van der Waals surface area contributed by atoms with Crippen LogP contribution in [0.2, 0.25) is 0 Å². The summed E-state index contributed by atoms with van der Waals surface area (Å²) >= 11 is 0. The summed E-state index contributed by atoms with van der Waals surface area (Å²) in [6, 6.07) is 7.77. The van der Waals surface area contributed by atoms with Crippen molar-refractivity contribution in [3.8, 4) is 0 Å². The monoisotopic (exact) mass is 397 g/mol. The Morgan fingerprint density at radius 3 is 2.66 bits per heavy atom. The summed E-state index contributed by atoms with van der Waals surface area (Å²) in [5.41, 5.74) is 0.531. The highest BCUT2D eigenvalue weighted by Gasteiger charge is 2.45. The second-order valence-electron chi connectivity index (χ2n) is 7.11. The zero-order valence-corrected chi connectivity index (χ0v) is 16.2. The van der Waals surface area contributed by atoms with E-state index in [1.54, 1.807) is 43.5 Å². The first-order chi connectivity index (χ1) is 14.1. The van der Waals surface area contributed by atoms with Crippen molar-refractivity contribution in [1.29, 1.82) is 0 Å². The van der Waals surface area contributed by atoms with Crippen molar-refractivity contribution in [2.24, 2.45) is 0 Å². The molecule has 1 N–H and O–H groups in total. The molecule has 0 aliphatic carbocycles. The lowest BCUT2D eigenvalue weighted by atomic mass is 9.98. The lowest BCUT2D eigenvalue weighted by molar-refractivity contribution is -0.129. The van der Waals surface area contributed by atoms with Crippen LogP contribution in [0.5, 0.6) is 0 Å². The molecule has 4 rings (SSSR count). The van der Waals surface area contributed by atoms with Gasteiger partial charge in [-0.3, -0.25) is 19.5 Å². The predicted octanol–water partition coefficient (Wildman–Crippen LogP) is 1.89. The minimum Gasteiger partial charge on any atom is -0.503 e. The van der Waals surface area contributed by atoms with E-state index in [1.807, 2.05) is 0 Å². The quantitative estimate of drug-likeness (QED) is 0.744. The molecule has 1 atom stereocenters. The molecule has 152 valence electrons. The second kappa shape index (κ2) is 8.18. The van der Waals surface area contributed by atoms with Crippen molar-refractivity contribution >= 4 is 11.7 Å². The van der Waals surface area contributed by atoms with Gasteiger partial charge < -0.3 is 19.2 Å². The molecule has 0 bridgehead atoms. The molecule has 2 aromatic heterocycles. The van der Waals surface area contributed by atoms with Crippen LogP contribution in [0.15, 0.2) is 52.3 Å². The second-order valence-corrected chi connectivity index (χ2v) is 7.11. The first-order valence-electron chi connectivity index (χ1n) is 9.62. The molecule has 8 heteroatoms. The standard InChI is InChI=1S/C21H23N3O5/c1-14-5-6-16(29-14)19(25)17-18(15-4-2-3-7-22-15)24(21(27)20(17)26)9-8-23-10-12-28-13-11-23/h2-7,18,26H,8-13H2,1H3/t18-/m1/s1. The number of aliphatic hydroxyl groups excluding tert-OH is 1. The van der Waals surface area contributed by atoms with Gasteiger partial charge in [0.2, 0.25) is 5.78 Å². The van der Waals surface area contributed by atoms with E-state index in [1.165, 1.54) is 4.90 Å². The largest absolute Gasteiger partial charge is 0.503 e. The number of aliphatic hydroxyl groups is 1. The van der Waals surface area contributed by atoms with Gasteiger partial charge >= 0.3 is 0 Å². The third-order valence-electron chi connectivity index (χ3n) is 5.24. The zero-order chi connectivity index (χ0) is 20.4. The van der Waals surface area contributed by atoms with Gasteiger partial charge in [0.25, 0.3) is 5.91 Å². The van der Waals surface area contributed by atoms with Crippen molar-refractivity contribution in [1.82, 2.24) is 14.8 Å². The predicted molar refractivity (Wildman–Crippen MR) is 103 cm³/mol. The van der Waals surface area contributed by atoms with E-state index in [0.717, 1.165) is 13.1 Å². The molecule has 4 heterocycles. The summed E-state index contributed by atoms with van der Waals surface area (Å²) in [4.78, 5) is 34.0. The number of carbonyl (C=O) groups excluding carboxylic acids is 2. The Morgan fingerprint density at radius 2 is 2.00 bits per heavy atom. The van der Waals surface area contributed by atoms with E-state index in [-0.39, 0.29) is 11.3 Å². The maximum atomic E-state index is 13.1. The van der Waals surface area contributed by atoms with E-state index in [9.17, 15) is 14.7 Å². The third-order valence-corrected chi connectivity index (χ3v) is 5.24. The Hall–Kier alpha value is -2.97. The highest BCUT2D eigenvalue weighted by Crippen LogP contribution is 2.38. The lowest BCUT2D eigenvalue weighted by Crippen LogP contribution is -2.43. The topological polar surface area (TPSA) is 96.1 Å². The van der Waals surface area contributed by atoms with Gasteiger partial charge in [-0.25, -0.2) is 0 Å². The molecule has 1 saturated heterocycles. The highest BCUT2D eigenvalue weighted by molar-refractivity contribution is 6.14. The number of morpholine rings is 1. The van der Waals surface area contributed by atoms with Crippen LogP contribution >= 0.6 is 0 Å². The Bertz CT molecular complexity index is 931. The van der Waals surface area contributed by atoms with Crippen LogP contribution in [0.4, 0.5) is 0 Å². The van der Waals surface area contributed by atoms with Crippen LogP contribution in [0.3, 0.4) is 0 Å². The number of hydrogen-bond acceptors (Lipinski definition) is 7. The van der Waals surface area contributed by atoms with Crippen LogP contribution < -0.4 is 0 Å². The number of hydrogen-bond donors (Lipinski definition) is 1. The number of ketones is 1. The van der Waals surface area contributed by atoms with Gasteiger partial charge in [-0.2, -0.15) is 0 Å². The van der Waals surface area contributed by atoms with E-state index in [2.05, 4.69) is 9.88 Å². The van der Waals surface area contributed by atoms with Gasteiger partial charge in [-0.1, -0.05) is 6.07 Å². The number of furan rings is 1. The summed E-state index contributed by atoms with van der Waals surface area (Å²) in [6.07, 6.45) is 1.61. The minimum absolute atomic E-state index is 0.00466. The molecule has 0 aromatic carbocycles. The van der Waals surface area contributed by atoms with Crippen molar-refractivity contribution in [3.05, 3.63) is 65.1 Å². The van der Waals surface area contributed by atoms with Crippen molar-refractivity contribution in [2.45, 2.75) is 13.0 Å². The molecule has 8 nitrogen and oxygen atoms in total. The van der Waals surface area contributed by atoms with E-state index in [4.69, 9.17) is 9.15 Å². The minimum atomic E-state index is -0.761. The number of aryl methyl sites for hydroxylation is 1. The fraction of sp³-hybridized carbons (Fsp3) is 0.381. The molecule has 2 aliphatic heterocycles. The van der Waals surface area contributed by atoms with Gasteiger partial charge in [-0.15, -0.1) is 0 Å². The average molecular weight is 397 g/mol. The number of rotatable bonds is 6. The molecule has 2 aromatic rings. The average Bonchev–Trinajstić information content (AvgIpc) is 3.29. The number of carbonyl (C=O) groups is 2. The molecular weight excluding hydrogens is 374 g/mol. The molecular formula is C21H23N3O5. The SMILES string of the molecule is Cc1ccc(C(=O)C2=C(O)C(=O)N(CCN3CCOCC3)[C@@H]2c2ccccn2)o1. The Kier molecular flexibility index (Phi) is 5.46. The molecule has 1 fully saturated rings. The summed E-state index contributed by atoms with van der Waals surface area (Å²) in [7, 11) is 0. The van der Waals surface area contributed by atoms with E-state index in [0.29, 0.717) is 37.8 Å². The summed E-state index contributed by atoms with van der Waals surface area (Å²) in [6.45, 7) is 5.59. The number of nitrogens with zero attached hydrogens (tertiary/aromatic N) is 3. The Balaban J connectivity index is 1.65. The van der Waals surface area contributed by atoms with E-state index < -0.39 is 23.5 Å². The van der Waals surface area contributed by atoms with Gasteiger partial charge in [0, 0.05) is 32.4 Å². The molecule has 0 unspecified atom stereocenters. The smallest absolute Gasteiger partial charge is 0.290 e. The van der Waals surface area contributed by atoms with Crippen molar-refractivity contribution in [2.75, 3.05) is 39.4 Å². The first kappa shape index (κ1) is 19.4. The van der Waals surface area contributed by atoms with Crippen LogP contribution in [0, 0.1) is 6.92 Å². The molecule has 2 aliphatic rings. The van der Waals surface area contributed by atoms with Crippen LogP contribution in [-0.2, 0) is 9.53 Å². The molecule has 0 radical (unpaired) electrons. The lowest BCUT2D eigenvalue weighted by Gasteiger charge is -2.31. The van der Waals surface area contributed by atoms with Gasteiger partial charge in [-0.05, 0) is 31.2 Å². The van der Waals surface area contributed by atoms with Gasteiger partial charge in [0.15, 0.2) is 11.5 Å². The van der Waals surface area contributed by atoms with Gasteiger partial charge in [0.05, 0.1) is 24.5 Å². The number of amides is 1. The summed E-state index contributed by atoms with van der Waals surface area (Å²) in [5.74, 6) is -0.945. The molecule has 0 spiro atoms. The number of ether oxygens (including phenoxy) is 1. The van der Waals surface area contributed by atoms with Gasteiger partial charge in [0.1, 0.15) is 11.8 Å². The maximum Gasteiger partial charge on any atom is 0.290 e. The maximum absolute atomic E-state index is 13.1. The first-order valence-corrected chi connectivity index (χ1v) is 9.62. The van der Waals surface area contributed by atoms with E-state index >= 15 is 0 Å². The zero-order valence-electron chi connectivity index (χ0n) is 16.2. The fourth-order valence-electron chi connectivity index (χ4n) is 3.72. The van der Waals surface area contributed by atoms with Crippen LogP contribution in [0.25, 0.3) is 0 Å². The Morgan fingerprint density at radius 1 is 1.21 bits per heavy atom. The summed E-state index contributed by atoms with van der Waals surface area (Å²) in [5, 5.41) is 10.6. The summed E-state index contributed by atoms with van der Waals surface area (Å²) < 4.78 is 10.8. The molecule has 29 heavy (non-hydrogen) atoms. The Labute approximate surface area is 168 Å². The number of pyridine rings is 1. The van der Waals surface area contributed by atoms with Crippen LogP contribution in [-0.4, -0.2) is 71.0 Å². The molecule has 0 saturated carbocycles. The van der Waals surface area contributed by atoms with Crippen molar-refractivity contribution < 1.29 is 23.8 Å². The number of Topliss-reactive ketones (excluding diaryl/α,β-unsaturated/α-hetero) is 1.